The number of benzene rings is 1. The van der Waals surface area contributed by atoms with Gasteiger partial charge in [0.05, 0.1) is 5.69 Å². The summed E-state index contributed by atoms with van der Waals surface area (Å²) in [7, 11) is 0. The Morgan fingerprint density at radius 2 is 1.97 bits per heavy atom. The number of piperidine rings is 1. The first-order valence-electron chi connectivity index (χ1n) is 10.3. The summed E-state index contributed by atoms with van der Waals surface area (Å²) >= 11 is 7.38. The van der Waals surface area contributed by atoms with Crippen LogP contribution >= 0.6 is 23.4 Å². The van der Waals surface area contributed by atoms with Crippen LogP contribution in [0.4, 0.5) is 9.18 Å². The van der Waals surface area contributed by atoms with Crippen molar-refractivity contribution < 1.29 is 18.7 Å². The maximum Gasteiger partial charge on any atom is 0.410 e. The van der Waals surface area contributed by atoms with Crippen LogP contribution < -0.4 is 4.74 Å². The molecule has 0 bridgehead atoms. The van der Waals surface area contributed by atoms with Crippen LogP contribution in [-0.2, 0) is 16.2 Å². The van der Waals surface area contributed by atoms with Crippen molar-refractivity contribution >= 4 is 29.5 Å². The number of amides is 1. The third-order valence-corrected chi connectivity index (χ3v) is 5.94. The molecule has 0 atom stereocenters. The van der Waals surface area contributed by atoms with Gasteiger partial charge in [0.25, 0.3) is 0 Å². The summed E-state index contributed by atoms with van der Waals surface area (Å²) in [6.07, 6.45) is 1.20. The third kappa shape index (κ3) is 7.58. The molecule has 2 heterocycles. The first kappa shape index (κ1) is 23.7. The maximum absolute atomic E-state index is 13.9. The first-order valence-corrected chi connectivity index (χ1v) is 11.8. The standard InChI is InChI=1S/C23H28ClFN2O3S/c1-23(2,3)30-22(28)27-11-9-19(10-12-27)29-21-6-4-5-18(26-21)15-31-14-16-7-8-17(24)13-20(16)25/h4-8,13,19H,9-12,14-15H2,1-3H3. The minimum Gasteiger partial charge on any atom is -0.474 e. The number of hydrogen-bond donors (Lipinski definition) is 0. The average molecular weight is 467 g/mol. The monoisotopic (exact) mass is 466 g/mol. The van der Waals surface area contributed by atoms with Crippen LogP contribution in [0.25, 0.3) is 0 Å². The van der Waals surface area contributed by atoms with E-state index in [4.69, 9.17) is 21.1 Å². The number of carbonyl (C=O) groups is 1. The van der Waals surface area contributed by atoms with Gasteiger partial charge in [0.2, 0.25) is 5.88 Å². The van der Waals surface area contributed by atoms with Crippen molar-refractivity contribution in [3.05, 3.63) is 58.5 Å². The average Bonchev–Trinajstić information content (AvgIpc) is 2.69. The predicted molar refractivity (Wildman–Crippen MR) is 122 cm³/mol. The van der Waals surface area contributed by atoms with Gasteiger partial charge in [-0.1, -0.05) is 23.7 Å². The Hall–Kier alpha value is -1.99. The lowest BCUT2D eigenvalue weighted by atomic mass is 10.1. The second-order valence-corrected chi connectivity index (χ2v) is 9.90. The lowest BCUT2D eigenvalue weighted by Gasteiger charge is -2.33. The van der Waals surface area contributed by atoms with Gasteiger partial charge in [-0.25, -0.2) is 14.2 Å². The molecule has 0 N–H and O–H groups in total. The van der Waals surface area contributed by atoms with Gasteiger partial charge in [-0.3, -0.25) is 0 Å². The summed E-state index contributed by atoms with van der Waals surface area (Å²) in [4.78, 5) is 18.5. The summed E-state index contributed by atoms with van der Waals surface area (Å²) in [6.45, 7) is 6.79. The summed E-state index contributed by atoms with van der Waals surface area (Å²) < 4.78 is 25.4. The zero-order chi connectivity index (χ0) is 22.4. The Balaban J connectivity index is 1.46. The molecule has 1 aromatic heterocycles. The molecule has 168 valence electrons. The Morgan fingerprint density at radius 1 is 1.23 bits per heavy atom. The van der Waals surface area contributed by atoms with Crippen LogP contribution in [0.3, 0.4) is 0 Å². The minimum absolute atomic E-state index is 0.0113. The van der Waals surface area contributed by atoms with Gasteiger partial charge in [-0.2, -0.15) is 11.8 Å². The summed E-state index contributed by atoms with van der Waals surface area (Å²) in [5.41, 5.74) is 1.01. The van der Waals surface area contributed by atoms with Gasteiger partial charge in [-0.15, -0.1) is 0 Å². The van der Waals surface area contributed by atoms with Crippen LogP contribution in [-0.4, -0.2) is 40.8 Å². The maximum atomic E-state index is 13.9. The van der Waals surface area contributed by atoms with Crippen LogP contribution in [0.5, 0.6) is 5.88 Å². The molecule has 0 aliphatic carbocycles. The molecule has 0 radical (unpaired) electrons. The van der Waals surface area contributed by atoms with E-state index in [1.54, 1.807) is 28.8 Å². The number of nitrogens with zero attached hydrogens (tertiary/aromatic N) is 2. The molecule has 1 aromatic carbocycles. The fourth-order valence-corrected chi connectivity index (χ4v) is 4.25. The number of carbonyl (C=O) groups excluding carboxylic acids is 1. The van der Waals surface area contributed by atoms with Gasteiger partial charge in [-0.05, 0) is 44.5 Å². The fraction of sp³-hybridized carbons (Fsp3) is 0.478. The van der Waals surface area contributed by atoms with E-state index in [0.717, 1.165) is 18.5 Å². The van der Waals surface area contributed by atoms with Crippen molar-refractivity contribution in [1.29, 1.82) is 0 Å². The molecule has 1 amide bonds. The number of ether oxygens (including phenoxy) is 2. The van der Waals surface area contributed by atoms with Gasteiger partial charge < -0.3 is 14.4 Å². The Kier molecular flexibility index (Phi) is 8.06. The van der Waals surface area contributed by atoms with Gasteiger partial charge in [0.15, 0.2) is 0 Å². The van der Waals surface area contributed by atoms with Crippen LogP contribution in [0.15, 0.2) is 36.4 Å². The lowest BCUT2D eigenvalue weighted by molar-refractivity contribution is 0.0123. The number of likely N-dealkylation sites (tertiary alicyclic amines) is 1. The smallest absolute Gasteiger partial charge is 0.410 e. The van der Waals surface area contributed by atoms with Crippen molar-refractivity contribution in [2.45, 2.75) is 56.8 Å². The van der Waals surface area contributed by atoms with E-state index in [1.165, 1.54) is 6.07 Å². The number of hydrogen-bond acceptors (Lipinski definition) is 5. The minimum atomic E-state index is -0.494. The summed E-state index contributed by atoms with van der Waals surface area (Å²) in [5.74, 6) is 1.48. The molecule has 1 aliphatic rings. The van der Waals surface area contributed by atoms with Gasteiger partial charge in [0.1, 0.15) is 17.5 Å². The Bertz CT molecular complexity index is 899. The highest BCUT2D eigenvalue weighted by Gasteiger charge is 2.27. The predicted octanol–water partition coefficient (Wildman–Crippen LogP) is 6.09. The van der Waals surface area contributed by atoms with Gasteiger partial charge >= 0.3 is 6.09 Å². The molecule has 1 fully saturated rings. The topological polar surface area (TPSA) is 51.7 Å². The van der Waals surface area contributed by atoms with Crippen molar-refractivity contribution in [3.8, 4) is 5.88 Å². The molecule has 0 unspecified atom stereocenters. The van der Waals surface area contributed by atoms with Crippen molar-refractivity contribution in [2.75, 3.05) is 13.1 Å². The fourth-order valence-electron chi connectivity index (χ4n) is 3.16. The largest absolute Gasteiger partial charge is 0.474 e. The first-order chi connectivity index (χ1) is 14.7. The van der Waals surface area contributed by atoms with E-state index < -0.39 is 5.60 Å². The highest BCUT2D eigenvalue weighted by molar-refractivity contribution is 7.97. The number of rotatable bonds is 6. The van der Waals surface area contributed by atoms with E-state index in [2.05, 4.69) is 4.98 Å². The number of halogens is 2. The quantitative estimate of drug-likeness (QED) is 0.516. The van der Waals surface area contributed by atoms with Crippen molar-refractivity contribution in [3.63, 3.8) is 0 Å². The molecule has 0 spiro atoms. The second-order valence-electron chi connectivity index (χ2n) is 8.48. The zero-order valence-corrected chi connectivity index (χ0v) is 19.6. The molecular weight excluding hydrogens is 439 g/mol. The van der Waals surface area contributed by atoms with E-state index in [1.807, 2.05) is 39.0 Å². The molecule has 1 saturated heterocycles. The van der Waals surface area contributed by atoms with E-state index >= 15 is 0 Å². The van der Waals surface area contributed by atoms with Crippen LogP contribution in [0.1, 0.15) is 44.9 Å². The SMILES string of the molecule is CC(C)(C)OC(=O)N1CCC(Oc2cccc(CSCc3ccc(Cl)cc3F)n2)CC1. The molecule has 2 aromatic rings. The third-order valence-electron chi connectivity index (χ3n) is 4.68. The molecule has 0 saturated carbocycles. The lowest BCUT2D eigenvalue weighted by Crippen LogP contribution is -2.44. The number of aromatic nitrogens is 1. The molecule has 3 rings (SSSR count). The Morgan fingerprint density at radius 3 is 2.65 bits per heavy atom. The normalized spacial score (nSPS) is 15.1. The molecule has 31 heavy (non-hydrogen) atoms. The highest BCUT2D eigenvalue weighted by atomic mass is 35.5. The summed E-state index contributed by atoms with van der Waals surface area (Å²) in [6, 6.07) is 10.4. The van der Waals surface area contributed by atoms with E-state index in [9.17, 15) is 9.18 Å². The number of thioether (sulfide) groups is 1. The van der Waals surface area contributed by atoms with E-state index in [-0.39, 0.29) is 18.0 Å². The van der Waals surface area contributed by atoms with Crippen LogP contribution in [0, 0.1) is 5.82 Å². The van der Waals surface area contributed by atoms with Crippen molar-refractivity contribution in [2.24, 2.45) is 0 Å². The Labute approximate surface area is 192 Å². The van der Waals surface area contributed by atoms with E-state index in [0.29, 0.717) is 41.1 Å². The van der Waals surface area contributed by atoms with Gasteiger partial charge in [0, 0.05) is 48.5 Å². The second kappa shape index (κ2) is 10.6. The molecular formula is C23H28ClFN2O3S. The van der Waals surface area contributed by atoms with Crippen molar-refractivity contribution in [1.82, 2.24) is 9.88 Å². The molecule has 5 nitrogen and oxygen atoms in total. The van der Waals surface area contributed by atoms with Crippen LogP contribution in [0.2, 0.25) is 5.02 Å². The summed E-state index contributed by atoms with van der Waals surface area (Å²) in [5, 5.41) is 0.398. The number of pyridine rings is 1. The molecule has 8 heteroatoms. The zero-order valence-electron chi connectivity index (χ0n) is 18.1. The highest BCUT2D eigenvalue weighted by Crippen LogP contribution is 2.24. The molecule has 1 aliphatic heterocycles.